The number of ether oxygens (including phenoxy) is 1. The van der Waals surface area contributed by atoms with Crippen LogP contribution in [0.2, 0.25) is 10.0 Å². The third-order valence-corrected chi connectivity index (χ3v) is 6.66. The van der Waals surface area contributed by atoms with Gasteiger partial charge >= 0.3 is 0 Å². The van der Waals surface area contributed by atoms with Crippen LogP contribution in [0.1, 0.15) is 29.3 Å². The van der Waals surface area contributed by atoms with Crippen LogP contribution in [0.3, 0.4) is 0 Å². The smallest absolute Gasteiger partial charge is 0.251 e. The standard InChI is InChI=1S/C24H22Cl2N2O5S/c1-2-20(15-29)28-24(30)17-5-3-16(4-6-17)14-27-34(31,32)23-9-7-21(8-10-23)33-22-12-18(25)11-19(26)13-22/h3-13,15,20,27H,2,14H2,1H3,(H,28,30)/t20-/m0/s1. The summed E-state index contributed by atoms with van der Waals surface area (Å²) >= 11 is 11.9. The molecule has 0 bridgehead atoms. The highest BCUT2D eigenvalue weighted by Gasteiger charge is 2.15. The zero-order valence-electron chi connectivity index (χ0n) is 18.1. The minimum Gasteiger partial charge on any atom is -0.457 e. The van der Waals surface area contributed by atoms with Crippen molar-refractivity contribution in [2.45, 2.75) is 30.8 Å². The average molecular weight is 521 g/mol. The number of hydrogen-bond donors (Lipinski definition) is 2. The summed E-state index contributed by atoms with van der Waals surface area (Å²) in [5, 5.41) is 3.46. The van der Waals surface area contributed by atoms with Gasteiger partial charge in [-0.15, -0.1) is 0 Å². The molecule has 2 N–H and O–H groups in total. The van der Waals surface area contributed by atoms with Crippen molar-refractivity contribution in [3.05, 3.63) is 87.9 Å². The lowest BCUT2D eigenvalue weighted by Crippen LogP contribution is -2.35. The fraction of sp³-hybridized carbons (Fsp3) is 0.167. The predicted molar refractivity (Wildman–Crippen MR) is 131 cm³/mol. The van der Waals surface area contributed by atoms with Crippen LogP contribution < -0.4 is 14.8 Å². The summed E-state index contributed by atoms with van der Waals surface area (Å²) in [6, 6.07) is 16.6. The Balaban J connectivity index is 1.60. The Labute approximate surface area is 208 Å². The molecule has 0 aliphatic heterocycles. The summed E-state index contributed by atoms with van der Waals surface area (Å²) in [6.45, 7) is 1.83. The molecule has 0 aromatic heterocycles. The first-order valence-electron chi connectivity index (χ1n) is 10.3. The second-order valence-corrected chi connectivity index (χ2v) is 9.96. The zero-order chi connectivity index (χ0) is 24.7. The maximum Gasteiger partial charge on any atom is 0.251 e. The fourth-order valence-electron chi connectivity index (χ4n) is 2.93. The monoisotopic (exact) mass is 520 g/mol. The second-order valence-electron chi connectivity index (χ2n) is 7.32. The lowest BCUT2D eigenvalue weighted by molar-refractivity contribution is -0.109. The number of rotatable bonds is 10. The number of aldehydes is 1. The van der Waals surface area contributed by atoms with Crippen molar-refractivity contribution in [2.75, 3.05) is 0 Å². The second kappa shape index (κ2) is 11.5. The molecule has 0 aliphatic carbocycles. The molecule has 3 rings (SSSR count). The molecule has 0 heterocycles. The Morgan fingerprint density at radius 1 is 0.971 bits per heavy atom. The van der Waals surface area contributed by atoms with Crippen LogP contribution in [0.4, 0.5) is 0 Å². The van der Waals surface area contributed by atoms with Gasteiger partial charge < -0.3 is 14.8 Å². The largest absolute Gasteiger partial charge is 0.457 e. The maximum atomic E-state index is 12.6. The molecule has 0 saturated heterocycles. The Kier molecular flexibility index (Phi) is 8.68. The molecule has 10 heteroatoms. The quantitative estimate of drug-likeness (QED) is 0.367. The van der Waals surface area contributed by atoms with Crippen molar-refractivity contribution < 1.29 is 22.7 Å². The molecule has 0 fully saturated rings. The van der Waals surface area contributed by atoms with Crippen LogP contribution in [0.15, 0.2) is 71.6 Å². The molecular formula is C24H22Cl2N2O5S. The number of carbonyl (C=O) groups excluding carboxylic acids is 2. The van der Waals surface area contributed by atoms with E-state index in [9.17, 15) is 18.0 Å². The maximum absolute atomic E-state index is 12.6. The Morgan fingerprint density at radius 3 is 2.15 bits per heavy atom. The Morgan fingerprint density at radius 2 is 1.59 bits per heavy atom. The molecule has 7 nitrogen and oxygen atoms in total. The molecular weight excluding hydrogens is 499 g/mol. The van der Waals surface area contributed by atoms with E-state index in [1.165, 1.54) is 24.3 Å². The van der Waals surface area contributed by atoms with Gasteiger partial charge in [-0.05, 0) is 66.6 Å². The van der Waals surface area contributed by atoms with Crippen LogP contribution >= 0.6 is 23.2 Å². The zero-order valence-corrected chi connectivity index (χ0v) is 20.5. The third kappa shape index (κ3) is 7.04. The van der Waals surface area contributed by atoms with Crippen LogP contribution in [0.5, 0.6) is 11.5 Å². The van der Waals surface area contributed by atoms with E-state index in [1.807, 2.05) is 0 Å². The summed E-state index contributed by atoms with van der Waals surface area (Å²) in [7, 11) is -3.78. The van der Waals surface area contributed by atoms with Crippen molar-refractivity contribution in [3.63, 3.8) is 0 Å². The predicted octanol–water partition coefficient (Wildman–Crippen LogP) is 4.97. The van der Waals surface area contributed by atoms with Gasteiger partial charge in [0.05, 0.1) is 10.9 Å². The number of benzene rings is 3. The van der Waals surface area contributed by atoms with E-state index >= 15 is 0 Å². The molecule has 1 atom stereocenters. The van der Waals surface area contributed by atoms with Gasteiger partial charge in [0.25, 0.3) is 5.91 Å². The van der Waals surface area contributed by atoms with Gasteiger partial charge in [0, 0.05) is 22.2 Å². The Hall–Kier alpha value is -2.91. The van der Waals surface area contributed by atoms with Crippen molar-refractivity contribution in [3.8, 4) is 11.5 Å². The number of hydrogen-bond acceptors (Lipinski definition) is 5. The molecule has 0 saturated carbocycles. The summed E-state index contributed by atoms with van der Waals surface area (Å²) in [5.74, 6) is 0.485. The lowest BCUT2D eigenvalue weighted by atomic mass is 10.1. The number of sulfonamides is 1. The number of nitrogens with one attached hydrogen (secondary N) is 2. The van der Waals surface area contributed by atoms with Crippen LogP contribution in [-0.4, -0.2) is 26.7 Å². The minimum absolute atomic E-state index is 0.0371. The van der Waals surface area contributed by atoms with E-state index in [1.54, 1.807) is 49.4 Å². The van der Waals surface area contributed by atoms with E-state index in [2.05, 4.69) is 10.0 Å². The molecule has 34 heavy (non-hydrogen) atoms. The lowest BCUT2D eigenvalue weighted by Gasteiger charge is -2.11. The van der Waals surface area contributed by atoms with E-state index < -0.39 is 16.1 Å². The molecule has 0 radical (unpaired) electrons. The van der Waals surface area contributed by atoms with Crippen molar-refractivity contribution in [1.82, 2.24) is 10.0 Å². The topological polar surface area (TPSA) is 102 Å². The highest BCUT2D eigenvalue weighted by molar-refractivity contribution is 7.89. The van der Waals surface area contributed by atoms with Crippen molar-refractivity contribution in [2.24, 2.45) is 0 Å². The highest BCUT2D eigenvalue weighted by atomic mass is 35.5. The van der Waals surface area contributed by atoms with Gasteiger partial charge in [-0.2, -0.15) is 0 Å². The van der Waals surface area contributed by atoms with Gasteiger partial charge in [0.2, 0.25) is 10.0 Å². The van der Waals surface area contributed by atoms with Gasteiger partial charge in [0.1, 0.15) is 17.8 Å². The first kappa shape index (κ1) is 25.7. The fourth-order valence-corrected chi connectivity index (χ4v) is 4.45. The first-order valence-corrected chi connectivity index (χ1v) is 12.5. The van der Waals surface area contributed by atoms with Crippen LogP contribution in [-0.2, 0) is 21.4 Å². The van der Waals surface area contributed by atoms with E-state index in [0.29, 0.717) is 45.4 Å². The highest BCUT2D eigenvalue weighted by Crippen LogP contribution is 2.28. The van der Waals surface area contributed by atoms with Crippen molar-refractivity contribution >= 4 is 45.4 Å². The average Bonchev–Trinajstić information content (AvgIpc) is 2.81. The van der Waals surface area contributed by atoms with Crippen LogP contribution in [0, 0.1) is 0 Å². The van der Waals surface area contributed by atoms with E-state index in [-0.39, 0.29) is 17.3 Å². The third-order valence-electron chi connectivity index (χ3n) is 4.81. The summed E-state index contributed by atoms with van der Waals surface area (Å²) in [5.41, 5.74) is 1.05. The van der Waals surface area contributed by atoms with Crippen molar-refractivity contribution in [1.29, 1.82) is 0 Å². The minimum atomic E-state index is -3.78. The first-order chi connectivity index (χ1) is 16.2. The molecule has 0 aliphatic rings. The van der Waals surface area contributed by atoms with Gasteiger partial charge in [-0.25, -0.2) is 13.1 Å². The number of amides is 1. The Bertz CT molecular complexity index is 1240. The summed E-state index contributed by atoms with van der Waals surface area (Å²) < 4.78 is 33.5. The van der Waals surface area contributed by atoms with E-state index in [0.717, 1.165) is 0 Å². The summed E-state index contributed by atoms with van der Waals surface area (Å²) in [4.78, 5) is 23.1. The number of carbonyl (C=O) groups is 2. The molecule has 0 unspecified atom stereocenters. The molecule has 3 aromatic carbocycles. The normalized spacial score (nSPS) is 12.1. The summed E-state index contributed by atoms with van der Waals surface area (Å²) in [6.07, 6.45) is 1.18. The van der Waals surface area contributed by atoms with Gasteiger partial charge in [0.15, 0.2) is 0 Å². The van der Waals surface area contributed by atoms with Gasteiger partial charge in [-0.1, -0.05) is 42.3 Å². The SMILES string of the molecule is CC[C@@H](C=O)NC(=O)c1ccc(CNS(=O)(=O)c2ccc(Oc3cc(Cl)cc(Cl)c3)cc2)cc1. The molecule has 1 amide bonds. The van der Waals surface area contributed by atoms with Gasteiger partial charge in [-0.3, -0.25) is 4.79 Å². The molecule has 3 aromatic rings. The number of halogens is 2. The molecule has 178 valence electrons. The molecule has 0 spiro atoms. The van der Waals surface area contributed by atoms with E-state index in [4.69, 9.17) is 27.9 Å². The van der Waals surface area contributed by atoms with Crippen LogP contribution in [0.25, 0.3) is 0 Å².